The van der Waals surface area contributed by atoms with Crippen LogP contribution in [0.2, 0.25) is 5.02 Å². The zero-order valence-corrected chi connectivity index (χ0v) is 30.0. The van der Waals surface area contributed by atoms with E-state index in [4.69, 9.17) is 35.5 Å². The standard InChI is InChI=1S/C35H40ClF5N6O5/c1-33(2,3)52-32(48)47-20-6-7-21(47)16-45(15-20)30-24-13-42-28(23-10-22(51-18-49-4)11-25(36)26(23)35(39,40)41)27(38)29(24)43-31(44-30)50-17-34-8-5-9-46(34)14-19(37)12-34/h10-11,13,19-21H,5-9,12,14-18H2,1-4H3/t19-,20-,21+,34+/m1/s1. The highest BCUT2D eigenvalue weighted by Gasteiger charge is 2.50. The molecule has 282 valence electrons. The minimum Gasteiger partial charge on any atom is -0.467 e. The highest BCUT2D eigenvalue weighted by Crippen LogP contribution is 2.46. The van der Waals surface area contributed by atoms with Crippen LogP contribution in [0.15, 0.2) is 18.3 Å². The van der Waals surface area contributed by atoms with Gasteiger partial charge in [-0.3, -0.25) is 14.8 Å². The Morgan fingerprint density at radius 1 is 1.08 bits per heavy atom. The van der Waals surface area contributed by atoms with Crippen LogP contribution in [0.5, 0.6) is 11.8 Å². The van der Waals surface area contributed by atoms with E-state index in [1.54, 1.807) is 25.7 Å². The first-order valence-corrected chi connectivity index (χ1v) is 17.6. The number of nitrogens with zero attached hydrogens (tertiary/aromatic N) is 6. The molecular formula is C35H40ClF5N6O5. The van der Waals surface area contributed by atoms with Gasteiger partial charge in [0.05, 0.1) is 33.6 Å². The fraction of sp³-hybridized carbons (Fsp3) is 0.600. The summed E-state index contributed by atoms with van der Waals surface area (Å²) in [6.45, 7) is 6.79. The number of amides is 1. The Morgan fingerprint density at radius 3 is 2.48 bits per heavy atom. The second-order valence-electron chi connectivity index (χ2n) is 14.9. The highest BCUT2D eigenvalue weighted by molar-refractivity contribution is 6.32. The number of piperazine rings is 1. The molecule has 7 rings (SSSR count). The molecule has 0 saturated carbocycles. The Balaban J connectivity index is 1.31. The molecule has 4 aliphatic rings. The van der Waals surface area contributed by atoms with Gasteiger partial charge in [0, 0.05) is 44.9 Å². The van der Waals surface area contributed by atoms with E-state index < -0.39 is 57.2 Å². The molecule has 4 aliphatic heterocycles. The Morgan fingerprint density at radius 2 is 1.81 bits per heavy atom. The molecule has 1 amide bonds. The number of hydrogen-bond acceptors (Lipinski definition) is 10. The van der Waals surface area contributed by atoms with Gasteiger partial charge in [0.15, 0.2) is 12.6 Å². The first-order valence-electron chi connectivity index (χ1n) is 17.2. The van der Waals surface area contributed by atoms with Crippen molar-refractivity contribution in [2.45, 2.75) is 88.4 Å². The van der Waals surface area contributed by atoms with Gasteiger partial charge in [-0.25, -0.2) is 13.6 Å². The minimum atomic E-state index is -4.98. The minimum absolute atomic E-state index is 0.0440. The molecule has 2 aromatic heterocycles. The van der Waals surface area contributed by atoms with Crippen molar-refractivity contribution in [2.24, 2.45) is 0 Å². The predicted molar refractivity (Wildman–Crippen MR) is 181 cm³/mol. The van der Waals surface area contributed by atoms with Crippen molar-refractivity contribution in [3.63, 3.8) is 0 Å². The van der Waals surface area contributed by atoms with Gasteiger partial charge in [-0.15, -0.1) is 0 Å². The van der Waals surface area contributed by atoms with Crippen LogP contribution in [0.25, 0.3) is 22.2 Å². The number of hydrogen-bond donors (Lipinski definition) is 0. The summed E-state index contributed by atoms with van der Waals surface area (Å²) in [5, 5.41) is -0.582. The van der Waals surface area contributed by atoms with E-state index in [2.05, 4.69) is 14.9 Å². The summed E-state index contributed by atoms with van der Waals surface area (Å²) in [5.74, 6) is -0.998. The molecule has 6 heterocycles. The lowest BCUT2D eigenvalue weighted by Gasteiger charge is -2.42. The molecule has 3 aromatic rings. The molecule has 1 aromatic carbocycles. The number of aromatic nitrogens is 3. The van der Waals surface area contributed by atoms with Crippen molar-refractivity contribution >= 4 is 34.4 Å². The lowest BCUT2D eigenvalue weighted by molar-refractivity contribution is -0.137. The maximum atomic E-state index is 16.8. The van der Waals surface area contributed by atoms with Crippen LogP contribution < -0.4 is 14.4 Å². The zero-order valence-electron chi connectivity index (χ0n) is 29.2. The van der Waals surface area contributed by atoms with E-state index in [1.165, 1.54) is 13.3 Å². The molecule has 0 N–H and O–H groups in total. The fourth-order valence-corrected chi connectivity index (χ4v) is 8.43. The average Bonchev–Trinajstić information content (AvgIpc) is 3.67. The highest BCUT2D eigenvalue weighted by atomic mass is 35.5. The Hall–Kier alpha value is -3.76. The topological polar surface area (TPSA) is 102 Å². The third-order valence-corrected chi connectivity index (χ3v) is 10.5. The lowest BCUT2D eigenvalue weighted by Crippen LogP contribution is -2.57. The normalized spacial score (nSPS) is 24.8. The van der Waals surface area contributed by atoms with E-state index in [9.17, 15) is 22.4 Å². The molecule has 52 heavy (non-hydrogen) atoms. The summed E-state index contributed by atoms with van der Waals surface area (Å²) in [5.41, 5.74) is -4.20. The van der Waals surface area contributed by atoms with E-state index in [0.717, 1.165) is 25.1 Å². The largest absolute Gasteiger partial charge is 0.467 e. The molecule has 17 heteroatoms. The van der Waals surface area contributed by atoms with Gasteiger partial charge in [-0.05, 0) is 65.1 Å². The average molecular weight is 755 g/mol. The van der Waals surface area contributed by atoms with Crippen LogP contribution in [0.4, 0.5) is 32.6 Å². The van der Waals surface area contributed by atoms with E-state index in [0.29, 0.717) is 38.9 Å². The number of pyridine rings is 1. The van der Waals surface area contributed by atoms with Gasteiger partial charge in [0.2, 0.25) is 0 Å². The third-order valence-electron chi connectivity index (χ3n) is 10.2. The SMILES string of the molecule is COCOc1cc(Cl)c(C(F)(F)F)c(-c2ncc3c(N4C[C@H]5CC[C@@H](C4)N5C(=O)OC(C)(C)C)nc(OC[C@@]45CCCN4C[C@H](F)C5)nc3c2F)c1. The van der Waals surface area contributed by atoms with Crippen LogP contribution in [-0.4, -0.2) is 107 Å². The van der Waals surface area contributed by atoms with E-state index in [1.807, 2.05) is 4.90 Å². The maximum Gasteiger partial charge on any atom is 0.418 e. The number of benzene rings is 1. The predicted octanol–water partition coefficient (Wildman–Crippen LogP) is 7.03. The third kappa shape index (κ3) is 6.89. The molecule has 0 radical (unpaired) electrons. The second-order valence-corrected chi connectivity index (χ2v) is 15.3. The van der Waals surface area contributed by atoms with Crippen LogP contribution >= 0.6 is 11.6 Å². The van der Waals surface area contributed by atoms with Gasteiger partial charge in [-0.1, -0.05) is 11.6 Å². The molecular weight excluding hydrogens is 715 g/mol. The van der Waals surface area contributed by atoms with Gasteiger partial charge < -0.3 is 23.8 Å². The Labute approximate surface area is 302 Å². The maximum absolute atomic E-state index is 16.8. The summed E-state index contributed by atoms with van der Waals surface area (Å²) >= 11 is 6.12. The summed E-state index contributed by atoms with van der Waals surface area (Å²) in [6.07, 6.45) is -1.94. The second kappa shape index (κ2) is 13.6. The van der Waals surface area contributed by atoms with Crippen molar-refractivity contribution in [1.82, 2.24) is 24.8 Å². The van der Waals surface area contributed by atoms with Crippen LogP contribution in [-0.2, 0) is 15.7 Å². The molecule has 0 spiro atoms. The van der Waals surface area contributed by atoms with Gasteiger partial charge in [0.25, 0.3) is 0 Å². The molecule has 4 atom stereocenters. The number of halogens is 6. The van der Waals surface area contributed by atoms with Crippen LogP contribution in [0, 0.1) is 5.82 Å². The lowest BCUT2D eigenvalue weighted by atomic mass is 9.95. The van der Waals surface area contributed by atoms with Crippen molar-refractivity contribution in [3.05, 3.63) is 34.7 Å². The summed E-state index contributed by atoms with van der Waals surface area (Å²) in [4.78, 5) is 32.2. The van der Waals surface area contributed by atoms with Crippen LogP contribution in [0.1, 0.15) is 58.4 Å². The monoisotopic (exact) mass is 754 g/mol. The fourth-order valence-electron chi connectivity index (χ4n) is 8.12. The van der Waals surface area contributed by atoms with E-state index >= 15 is 4.39 Å². The number of alkyl halides is 4. The number of anilines is 1. The quantitative estimate of drug-likeness (QED) is 0.176. The number of carbonyl (C=O) groups excluding carboxylic acids is 1. The summed E-state index contributed by atoms with van der Waals surface area (Å²) in [7, 11) is 1.34. The van der Waals surface area contributed by atoms with Crippen molar-refractivity contribution in [1.29, 1.82) is 0 Å². The summed E-state index contributed by atoms with van der Waals surface area (Å²) in [6, 6.07) is 1.28. The molecule has 0 aliphatic carbocycles. The first kappa shape index (κ1) is 36.6. The zero-order chi connectivity index (χ0) is 37.2. The molecule has 11 nitrogen and oxygen atoms in total. The first-order chi connectivity index (χ1) is 24.6. The summed E-state index contributed by atoms with van der Waals surface area (Å²) < 4.78 is 96.7. The number of methoxy groups -OCH3 is 1. The molecule has 0 unspecified atom stereocenters. The molecule has 2 bridgehead atoms. The van der Waals surface area contributed by atoms with Gasteiger partial charge >= 0.3 is 18.3 Å². The molecule has 4 fully saturated rings. The van der Waals surface area contributed by atoms with Crippen molar-refractivity contribution in [3.8, 4) is 23.0 Å². The Bertz CT molecular complexity index is 1850. The smallest absolute Gasteiger partial charge is 0.418 e. The van der Waals surface area contributed by atoms with Crippen molar-refractivity contribution in [2.75, 3.05) is 51.6 Å². The number of rotatable bonds is 8. The number of carbonyl (C=O) groups is 1. The van der Waals surface area contributed by atoms with Crippen LogP contribution in [0.3, 0.4) is 0 Å². The number of fused-ring (bicyclic) bond motifs is 4. The Kier molecular flexibility index (Phi) is 9.56. The molecule has 4 saturated heterocycles. The van der Waals surface area contributed by atoms with Gasteiger partial charge in [-0.2, -0.15) is 23.1 Å². The number of ether oxygens (including phenoxy) is 4. The van der Waals surface area contributed by atoms with E-state index in [-0.39, 0.29) is 60.4 Å². The van der Waals surface area contributed by atoms with Gasteiger partial charge in [0.1, 0.15) is 41.2 Å². The van der Waals surface area contributed by atoms with Crippen molar-refractivity contribution < 1.29 is 45.7 Å².